The Balaban J connectivity index is 1.25. The van der Waals surface area contributed by atoms with Gasteiger partial charge in [0.15, 0.2) is 5.11 Å². The predicted molar refractivity (Wildman–Crippen MR) is 121 cm³/mol. The molecule has 1 saturated carbocycles. The average molecular weight is 416 g/mol. The molecule has 0 unspecified atom stereocenters. The minimum absolute atomic E-state index is 0.0531. The van der Waals surface area contributed by atoms with Crippen LogP contribution < -0.4 is 16.2 Å². The van der Waals surface area contributed by atoms with E-state index in [4.69, 9.17) is 12.2 Å². The smallest absolute Gasteiger partial charge is 0.257 e. The topological polar surface area (TPSA) is 70.2 Å². The molecule has 0 heterocycles. The summed E-state index contributed by atoms with van der Waals surface area (Å²) in [4.78, 5) is 24.7. The summed E-state index contributed by atoms with van der Waals surface area (Å²) in [5.41, 5.74) is 8.95. The van der Waals surface area contributed by atoms with Crippen LogP contribution in [0.2, 0.25) is 0 Å². The molecule has 150 valence electrons. The molecule has 2 amide bonds. The highest BCUT2D eigenvalue weighted by atomic mass is 32.1. The van der Waals surface area contributed by atoms with E-state index in [0.29, 0.717) is 5.56 Å². The molecular weight excluding hydrogens is 394 g/mol. The third kappa shape index (κ3) is 4.72. The van der Waals surface area contributed by atoms with Gasteiger partial charge in [0.1, 0.15) is 0 Å². The van der Waals surface area contributed by atoms with Gasteiger partial charge in [0.05, 0.1) is 0 Å². The molecule has 1 fully saturated rings. The summed E-state index contributed by atoms with van der Waals surface area (Å²) >= 11 is 5.12. The van der Waals surface area contributed by atoms with E-state index in [9.17, 15) is 9.59 Å². The van der Waals surface area contributed by atoms with E-state index in [1.807, 2.05) is 72.8 Å². The highest BCUT2D eigenvalue weighted by molar-refractivity contribution is 7.80. The molecular formula is C24H21N3O2S. The molecule has 0 spiro atoms. The van der Waals surface area contributed by atoms with Gasteiger partial charge in [0.25, 0.3) is 5.91 Å². The van der Waals surface area contributed by atoms with Gasteiger partial charge in [-0.05, 0) is 53.4 Å². The summed E-state index contributed by atoms with van der Waals surface area (Å²) in [5.74, 6) is -0.314. The first-order chi connectivity index (χ1) is 14.6. The van der Waals surface area contributed by atoms with Crippen molar-refractivity contribution in [3.8, 4) is 11.1 Å². The summed E-state index contributed by atoms with van der Waals surface area (Å²) < 4.78 is 0. The standard InChI is InChI=1S/C24H21N3O2S/c28-22(19-13-11-17(12-14-19)16-7-3-1-4-8-16)25-24(30)27-26-23(29)21-15-20(21)18-9-5-2-6-10-18/h1-14,20-21H,15H2,(H,26,29)(H2,25,27,28,30)/t20-,21-/m0/s1. The molecule has 0 aromatic heterocycles. The lowest BCUT2D eigenvalue weighted by atomic mass is 10.0. The molecule has 6 heteroatoms. The van der Waals surface area contributed by atoms with Crippen molar-refractivity contribution in [2.24, 2.45) is 5.92 Å². The number of carbonyl (C=O) groups excluding carboxylic acids is 2. The molecule has 30 heavy (non-hydrogen) atoms. The minimum Gasteiger partial charge on any atom is -0.298 e. The molecule has 4 rings (SSSR count). The Kier molecular flexibility index (Phi) is 5.86. The molecule has 0 radical (unpaired) electrons. The van der Waals surface area contributed by atoms with Gasteiger partial charge in [0.2, 0.25) is 5.91 Å². The fraction of sp³-hybridized carbons (Fsp3) is 0.125. The quantitative estimate of drug-likeness (QED) is 0.448. The molecule has 1 aliphatic rings. The normalized spacial score (nSPS) is 16.9. The van der Waals surface area contributed by atoms with Crippen molar-refractivity contribution in [1.82, 2.24) is 16.2 Å². The summed E-state index contributed by atoms with van der Waals surface area (Å²) in [6.45, 7) is 0. The number of hydrogen-bond donors (Lipinski definition) is 3. The zero-order chi connectivity index (χ0) is 20.9. The monoisotopic (exact) mass is 415 g/mol. The summed E-state index contributed by atoms with van der Waals surface area (Å²) in [7, 11) is 0. The average Bonchev–Trinajstić information content (AvgIpc) is 3.60. The molecule has 5 nitrogen and oxygen atoms in total. The Morgan fingerprint density at radius 3 is 2.03 bits per heavy atom. The van der Waals surface area contributed by atoms with Crippen molar-refractivity contribution in [1.29, 1.82) is 0 Å². The van der Waals surface area contributed by atoms with Gasteiger partial charge in [0, 0.05) is 11.5 Å². The van der Waals surface area contributed by atoms with E-state index in [1.165, 1.54) is 0 Å². The minimum atomic E-state index is -0.338. The highest BCUT2D eigenvalue weighted by Crippen LogP contribution is 2.47. The zero-order valence-corrected chi connectivity index (χ0v) is 17.0. The second-order valence-electron chi connectivity index (χ2n) is 7.20. The third-order valence-corrected chi connectivity index (χ3v) is 5.34. The Morgan fingerprint density at radius 2 is 1.37 bits per heavy atom. The fourth-order valence-electron chi connectivity index (χ4n) is 3.42. The molecule has 2 atom stereocenters. The van der Waals surface area contributed by atoms with Crippen molar-refractivity contribution in [2.45, 2.75) is 12.3 Å². The number of hydrogen-bond acceptors (Lipinski definition) is 3. The zero-order valence-electron chi connectivity index (χ0n) is 16.2. The number of hydrazine groups is 1. The summed E-state index contributed by atoms with van der Waals surface area (Å²) in [6, 6.07) is 27.1. The Bertz CT molecular complexity index is 1050. The molecule has 3 N–H and O–H groups in total. The van der Waals surface area contributed by atoms with E-state index in [0.717, 1.165) is 23.1 Å². The largest absolute Gasteiger partial charge is 0.298 e. The van der Waals surface area contributed by atoms with E-state index >= 15 is 0 Å². The van der Waals surface area contributed by atoms with E-state index in [2.05, 4.69) is 16.2 Å². The van der Waals surface area contributed by atoms with Crippen LogP contribution in [0.3, 0.4) is 0 Å². The van der Waals surface area contributed by atoms with Crippen molar-refractivity contribution in [3.05, 3.63) is 96.1 Å². The van der Waals surface area contributed by atoms with Gasteiger partial charge >= 0.3 is 0 Å². The Labute approximate surface area is 180 Å². The Morgan fingerprint density at radius 1 is 0.767 bits per heavy atom. The molecule has 1 aliphatic carbocycles. The second-order valence-corrected chi connectivity index (χ2v) is 7.61. The number of thiocarbonyl (C=S) groups is 1. The van der Waals surface area contributed by atoms with Crippen molar-refractivity contribution in [3.63, 3.8) is 0 Å². The van der Waals surface area contributed by atoms with Gasteiger partial charge < -0.3 is 0 Å². The number of rotatable bonds is 4. The lowest BCUT2D eigenvalue weighted by Gasteiger charge is -2.11. The van der Waals surface area contributed by atoms with Crippen LogP contribution in [0, 0.1) is 5.92 Å². The van der Waals surface area contributed by atoms with Gasteiger partial charge in [-0.15, -0.1) is 0 Å². The van der Waals surface area contributed by atoms with Crippen LogP contribution in [0.5, 0.6) is 0 Å². The first kappa shape index (κ1) is 19.8. The molecule has 3 aromatic carbocycles. The number of amides is 2. The summed E-state index contributed by atoms with van der Waals surface area (Å²) in [6.07, 6.45) is 0.810. The van der Waals surface area contributed by atoms with Crippen molar-refractivity contribution < 1.29 is 9.59 Å². The van der Waals surface area contributed by atoms with E-state index < -0.39 is 0 Å². The number of nitrogens with one attached hydrogen (secondary N) is 3. The lowest BCUT2D eigenvalue weighted by Crippen LogP contribution is -2.49. The van der Waals surface area contributed by atoms with Gasteiger partial charge in [-0.25, -0.2) is 0 Å². The number of carbonyl (C=O) groups is 2. The van der Waals surface area contributed by atoms with Crippen LogP contribution in [-0.4, -0.2) is 16.9 Å². The van der Waals surface area contributed by atoms with Crippen LogP contribution in [0.25, 0.3) is 11.1 Å². The molecule has 0 aliphatic heterocycles. The van der Waals surface area contributed by atoms with Crippen LogP contribution in [0.15, 0.2) is 84.9 Å². The molecule has 0 saturated heterocycles. The first-order valence-corrected chi connectivity index (χ1v) is 10.1. The summed E-state index contributed by atoms with van der Waals surface area (Å²) in [5, 5.41) is 2.63. The predicted octanol–water partition coefficient (Wildman–Crippen LogP) is 3.79. The van der Waals surface area contributed by atoms with Gasteiger partial charge in [-0.2, -0.15) is 0 Å². The highest BCUT2D eigenvalue weighted by Gasteiger charge is 2.43. The maximum Gasteiger partial charge on any atom is 0.257 e. The third-order valence-electron chi connectivity index (χ3n) is 5.14. The van der Waals surface area contributed by atoms with Crippen LogP contribution in [-0.2, 0) is 4.79 Å². The van der Waals surface area contributed by atoms with Gasteiger partial charge in [-0.1, -0.05) is 72.8 Å². The van der Waals surface area contributed by atoms with E-state index in [1.54, 1.807) is 12.1 Å². The second kappa shape index (κ2) is 8.88. The lowest BCUT2D eigenvalue weighted by molar-refractivity contribution is -0.123. The van der Waals surface area contributed by atoms with Crippen LogP contribution in [0.4, 0.5) is 0 Å². The molecule has 3 aromatic rings. The maximum absolute atomic E-state index is 12.4. The molecule has 0 bridgehead atoms. The fourth-order valence-corrected chi connectivity index (χ4v) is 3.56. The van der Waals surface area contributed by atoms with Crippen molar-refractivity contribution in [2.75, 3.05) is 0 Å². The SMILES string of the molecule is O=C(NC(=S)NNC(=O)[C@H]1C[C@H]1c1ccccc1)c1ccc(-c2ccccc2)cc1. The Hall–Kier alpha value is -3.51. The van der Waals surface area contributed by atoms with Crippen LogP contribution in [0.1, 0.15) is 28.3 Å². The van der Waals surface area contributed by atoms with Crippen LogP contribution >= 0.6 is 12.2 Å². The first-order valence-electron chi connectivity index (χ1n) is 9.73. The number of benzene rings is 3. The maximum atomic E-state index is 12.4. The van der Waals surface area contributed by atoms with Crippen molar-refractivity contribution >= 4 is 29.1 Å². The van der Waals surface area contributed by atoms with E-state index in [-0.39, 0.29) is 28.8 Å². The van der Waals surface area contributed by atoms with Gasteiger partial charge in [-0.3, -0.25) is 25.8 Å².